The van der Waals surface area contributed by atoms with Crippen LogP contribution in [0.2, 0.25) is 0 Å². The first kappa shape index (κ1) is 71.5. The molecule has 0 aromatic heterocycles. The molecule has 0 spiro atoms. The molecule has 10 heteroatoms. The summed E-state index contributed by atoms with van der Waals surface area (Å²) in [7, 11) is 1.43. The van der Waals surface area contributed by atoms with E-state index in [9.17, 15) is 19.0 Å². The first-order valence-electron chi connectivity index (χ1n) is 30.7. The Bertz CT molecular complexity index is 1480. The fraction of sp³-hybridized carbons (Fsp3) is 0.781. The molecule has 9 nitrogen and oxygen atoms in total. The number of carbonyl (C=O) groups is 2. The van der Waals surface area contributed by atoms with E-state index >= 15 is 0 Å². The van der Waals surface area contributed by atoms with Gasteiger partial charge >= 0.3 is 19.8 Å². The van der Waals surface area contributed by atoms with Crippen LogP contribution in [-0.2, 0) is 32.7 Å². The van der Waals surface area contributed by atoms with E-state index in [1.807, 2.05) is 33.3 Å². The van der Waals surface area contributed by atoms with E-state index in [0.717, 1.165) is 57.8 Å². The van der Waals surface area contributed by atoms with Crippen LogP contribution >= 0.6 is 7.82 Å². The summed E-state index contributed by atoms with van der Waals surface area (Å²) in [5.74, 6) is -0.889. The number of rotatable bonds is 56. The molecule has 0 rings (SSSR count). The minimum atomic E-state index is -4.41. The average molecular weight is 1060 g/mol. The number of hydrogen-bond donors (Lipinski definition) is 1. The Morgan fingerprint density at radius 2 is 0.770 bits per heavy atom. The zero-order valence-corrected chi connectivity index (χ0v) is 49.7. The Kier molecular flexibility index (Phi) is 53.3. The summed E-state index contributed by atoms with van der Waals surface area (Å²) >= 11 is 0. The van der Waals surface area contributed by atoms with E-state index in [1.54, 1.807) is 0 Å². The molecule has 430 valence electrons. The second-order valence-electron chi connectivity index (χ2n) is 21.7. The molecular weight excluding hydrogens is 942 g/mol. The minimum Gasteiger partial charge on any atom is -0.462 e. The Hall–Kier alpha value is -2.55. The van der Waals surface area contributed by atoms with Gasteiger partial charge in [0.25, 0.3) is 0 Å². The highest BCUT2D eigenvalue weighted by molar-refractivity contribution is 7.47. The number of hydrogen-bond acceptors (Lipinski definition) is 7. The number of ether oxygens (including phenoxy) is 2. The first-order chi connectivity index (χ1) is 36.0. The summed E-state index contributed by atoms with van der Waals surface area (Å²) in [5, 5.41) is 0. The number of phosphoric acid groups is 1. The molecule has 0 aliphatic rings. The minimum absolute atomic E-state index is 0.0163. The highest BCUT2D eigenvalue weighted by atomic mass is 31.2. The molecule has 0 fully saturated rings. The van der Waals surface area contributed by atoms with Crippen LogP contribution in [-0.4, -0.2) is 74.9 Å². The van der Waals surface area contributed by atoms with Crippen molar-refractivity contribution < 1.29 is 42.1 Å². The van der Waals surface area contributed by atoms with Crippen molar-refractivity contribution in [2.45, 2.75) is 277 Å². The van der Waals surface area contributed by atoms with E-state index in [1.165, 1.54) is 180 Å². The van der Waals surface area contributed by atoms with Gasteiger partial charge in [0.2, 0.25) is 0 Å². The van der Waals surface area contributed by atoms with Crippen LogP contribution in [0.4, 0.5) is 0 Å². The number of phosphoric ester groups is 1. The van der Waals surface area contributed by atoms with Crippen LogP contribution < -0.4 is 0 Å². The average Bonchev–Trinajstić information content (AvgIpc) is 3.36. The van der Waals surface area contributed by atoms with Crippen molar-refractivity contribution in [2.75, 3.05) is 47.5 Å². The Labute approximate surface area is 457 Å². The Balaban J connectivity index is 4.10. The van der Waals surface area contributed by atoms with Gasteiger partial charge in [0.15, 0.2) is 6.10 Å². The molecule has 0 radical (unpaired) electrons. The molecule has 1 N–H and O–H groups in total. The Morgan fingerprint density at radius 1 is 0.432 bits per heavy atom. The van der Waals surface area contributed by atoms with Gasteiger partial charge in [-0.05, 0) is 51.4 Å². The monoisotopic (exact) mass is 1060 g/mol. The van der Waals surface area contributed by atoms with E-state index in [0.29, 0.717) is 17.4 Å². The van der Waals surface area contributed by atoms with Gasteiger partial charge in [0.1, 0.15) is 19.8 Å². The fourth-order valence-electron chi connectivity index (χ4n) is 8.57. The van der Waals surface area contributed by atoms with Crippen LogP contribution in [0.15, 0.2) is 72.9 Å². The number of unbranched alkanes of at least 4 members (excludes halogenated alkanes) is 30. The highest BCUT2D eigenvalue weighted by Crippen LogP contribution is 2.43. The third-order valence-electron chi connectivity index (χ3n) is 13.3. The zero-order valence-electron chi connectivity index (χ0n) is 48.8. The van der Waals surface area contributed by atoms with Crippen LogP contribution in [0.3, 0.4) is 0 Å². The van der Waals surface area contributed by atoms with Crippen molar-refractivity contribution in [2.24, 2.45) is 0 Å². The number of carbonyl (C=O) groups excluding carboxylic acids is 2. The summed E-state index contributed by atoms with van der Waals surface area (Å²) in [6.07, 6.45) is 73.1. The van der Waals surface area contributed by atoms with Gasteiger partial charge in [-0.25, -0.2) is 4.57 Å². The SMILES string of the molecule is CC/C=C\C/C=C\C/C=C\C/C=C\C/C=C\C/C=C\CCC(=O)OC(COC(=O)CCCCCCCCCCCCCCCCCCCCCCCCCCCCCCCCC)COP(=O)(O)OCC[N+](C)(C)C. The number of allylic oxidation sites excluding steroid dienone is 12. The molecule has 74 heavy (non-hydrogen) atoms. The van der Waals surface area contributed by atoms with Crippen molar-refractivity contribution in [3.63, 3.8) is 0 Å². The van der Waals surface area contributed by atoms with Gasteiger partial charge in [0, 0.05) is 12.8 Å². The third-order valence-corrected chi connectivity index (χ3v) is 14.2. The van der Waals surface area contributed by atoms with Crippen molar-refractivity contribution >= 4 is 19.8 Å². The molecule has 2 atom stereocenters. The van der Waals surface area contributed by atoms with E-state index in [-0.39, 0.29) is 32.0 Å². The lowest BCUT2D eigenvalue weighted by molar-refractivity contribution is -0.870. The smallest absolute Gasteiger partial charge is 0.462 e. The van der Waals surface area contributed by atoms with Crippen LogP contribution in [0.25, 0.3) is 0 Å². The number of likely N-dealkylation sites (N-methyl/N-ethyl adjacent to an activating group) is 1. The maximum atomic E-state index is 12.8. The molecule has 0 aromatic rings. The topological polar surface area (TPSA) is 108 Å². The lowest BCUT2D eigenvalue weighted by Gasteiger charge is -2.24. The summed E-state index contributed by atoms with van der Waals surface area (Å²) in [6.45, 7) is 4.26. The van der Waals surface area contributed by atoms with Gasteiger partial charge < -0.3 is 18.9 Å². The third kappa shape index (κ3) is 58.7. The molecule has 0 amide bonds. The predicted octanol–water partition coefficient (Wildman–Crippen LogP) is 19.3. The quantitative estimate of drug-likeness (QED) is 0.0211. The summed E-state index contributed by atoms with van der Waals surface area (Å²) < 4.78 is 34.5. The standard InChI is InChI=1S/C64H116NO8P/c1-6-8-10-12-14-16-18-20-22-24-26-27-28-29-30-31-32-33-34-35-36-37-39-40-42-44-46-48-50-52-54-56-63(66)70-60-62(61-72-74(68,69)71-59-58-65(3,4)5)73-64(67)57-55-53-51-49-47-45-43-41-38-25-23-21-19-17-15-13-11-9-7-2/h9,11,15,17,21,23,38,41,45,47,51,53,62H,6-8,10,12-14,16,18-20,22,24-37,39-40,42-44,46,48-50,52,54-61H2,1-5H3/p+1/b11-9-,17-15-,23-21-,41-38-,47-45-,53-51-. The number of esters is 2. The predicted molar refractivity (Wildman–Crippen MR) is 316 cm³/mol. The van der Waals surface area contributed by atoms with E-state index in [2.05, 4.69) is 74.6 Å². The van der Waals surface area contributed by atoms with Gasteiger partial charge in [-0.3, -0.25) is 18.6 Å². The molecule has 0 saturated heterocycles. The van der Waals surface area contributed by atoms with Crippen molar-refractivity contribution in [1.82, 2.24) is 0 Å². The van der Waals surface area contributed by atoms with Crippen LogP contribution in [0, 0.1) is 0 Å². The maximum absolute atomic E-state index is 12.8. The first-order valence-corrected chi connectivity index (χ1v) is 32.2. The summed E-state index contributed by atoms with van der Waals surface area (Å²) in [6, 6.07) is 0. The summed E-state index contributed by atoms with van der Waals surface area (Å²) in [4.78, 5) is 35.6. The van der Waals surface area contributed by atoms with Crippen molar-refractivity contribution in [3.05, 3.63) is 72.9 Å². The molecule has 0 heterocycles. The fourth-order valence-corrected chi connectivity index (χ4v) is 9.32. The number of nitrogens with zero attached hydrogens (tertiary/aromatic N) is 1. The lowest BCUT2D eigenvalue weighted by atomic mass is 10.0. The second kappa shape index (κ2) is 55.2. The molecular formula is C64H117NO8P+. The van der Waals surface area contributed by atoms with Gasteiger partial charge in [-0.2, -0.15) is 0 Å². The van der Waals surface area contributed by atoms with E-state index in [4.69, 9.17) is 18.5 Å². The van der Waals surface area contributed by atoms with E-state index < -0.39 is 26.5 Å². The van der Waals surface area contributed by atoms with Crippen LogP contribution in [0.5, 0.6) is 0 Å². The van der Waals surface area contributed by atoms with Crippen molar-refractivity contribution in [3.8, 4) is 0 Å². The van der Waals surface area contributed by atoms with Crippen molar-refractivity contribution in [1.29, 1.82) is 0 Å². The summed E-state index contributed by atoms with van der Waals surface area (Å²) in [5.41, 5.74) is 0. The van der Waals surface area contributed by atoms with Gasteiger partial charge in [-0.1, -0.05) is 279 Å². The highest BCUT2D eigenvalue weighted by Gasteiger charge is 2.27. The molecule has 0 aliphatic carbocycles. The Morgan fingerprint density at radius 3 is 1.12 bits per heavy atom. The lowest BCUT2D eigenvalue weighted by Crippen LogP contribution is -2.37. The van der Waals surface area contributed by atoms with Gasteiger partial charge in [0.05, 0.1) is 27.7 Å². The molecule has 0 bridgehead atoms. The molecule has 0 aliphatic heterocycles. The van der Waals surface area contributed by atoms with Crippen LogP contribution in [0.1, 0.15) is 271 Å². The number of quaternary nitrogens is 1. The maximum Gasteiger partial charge on any atom is 0.472 e. The largest absolute Gasteiger partial charge is 0.472 e. The normalized spacial score (nSPS) is 13.8. The molecule has 2 unspecified atom stereocenters. The molecule has 0 saturated carbocycles. The van der Waals surface area contributed by atoms with Gasteiger partial charge in [-0.15, -0.1) is 0 Å². The zero-order chi connectivity index (χ0) is 54.2. The molecule has 0 aromatic carbocycles. The second-order valence-corrected chi connectivity index (χ2v) is 23.2.